The Morgan fingerprint density at radius 1 is 1.27 bits per heavy atom. The van der Waals surface area contributed by atoms with Gasteiger partial charge in [0.15, 0.2) is 17.7 Å². The predicted octanol–water partition coefficient (Wildman–Crippen LogP) is 2.48. The third-order valence-corrected chi connectivity index (χ3v) is 7.58. The number of hydrogen-bond acceptors (Lipinski definition) is 10. The molecule has 2 unspecified atom stereocenters. The van der Waals surface area contributed by atoms with Crippen LogP contribution in [0.1, 0.15) is 19.6 Å². The molecule has 1 aliphatic heterocycles. The lowest BCUT2D eigenvalue weighted by molar-refractivity contribution is -0.138. The predicted molar refractivity (Wildman–Crippen MR) is 133 cm³/mol. The minimum absolute atomic E-state index is 0.146. The van der Waals surface area contributed by atoms with E-state index in [9.17, 15) is 19.6 Å². The molecule has 0 spiro atoms. The van der Waals surface area contributed by atoms with E-state index in [1.54, 1.807) is 24.3 Å². The number of ether oxygens (including phenoxy) is 1. The van der Waals surface area contributed by atoms with Gasteiger partial charge in [0.05, 0.1) is 19.0 Å². The highest BCUT2D eigenvalue weighted by atomic mass is 31.2. The van der Waals surface area contributed by atoms with E-state index in [0.29, 0.717) is 16.6 Å². The summed E-state index contributed by atoms with van der Waals surface area (Å²) in [7, 11) is -4.20. The first kappa shape index (κ1) is 25.1. The van der Waals surface area contributed by atoms with Gasteiger partial charge in [0.2, 0.25) is 0 Å². The molecule has 1 saturated heterocycles. The molecular weight excluding hydrogens is 503 g/mol. The van der Waals surface area contributed by atoms with Crippen molar-refractivity contribution in [1.29, 1.82) is 0 Å². The molecule has 0 radical (unpaired) electrons. The number of nitrogens with one attached hydrogen (secondary N) is 1. The van der Waals surface area contributed by atoms with Crippen LogP contribution in [0.15, 0.2) is 55.1 Å². The number of nitrogens with zero attached hydrogens (tertiary/aromatic N) is 4. The maximum atomic E-state index is 13.7. The van der Waals surface area contributed by atoms with Crippen molar-refractivity contribution in [3.63, 3.8) is 0 Å². The summed E-state index contributed by atoms with van der Waals surface area (Å²) in [5, 5.41) is 24.0. The lowest BCUT2D eigenvalue weighted by Crippen LogP contribution is -2.34. The molecule has 3 heterocycles. The van der Waals surface area contributed by atoms with Crippen molar-refractivity contribution in [3.05, 3.63) is 55.1 Å². The van der Waals surface area contributed by atoms with Crippen LogP contribution < -0.4 is 15.3 Å². The lowest BCUT2D eigenvalue weighted by Gasteiger charge is -2.24. The van der Waals surface area contributed by atoms with E-state index in [1.165, 1.54) is 24.1 Å². The Morgan fingerprint density at radius 2 is 2.05 bits per heavy atom. The van der Waals surface area contributed by atoms with Gasteiger partial charge < -0.3 is 25.2 Å². The molecule has 0 amide bonds. The summed E-state index contributed by atoms with van der Waals surface area (Å²) in [6.45, 7) is 1.08. The highest BCUT2D eigenvalue weighted by molar-refractivity contribution is 7.52. The summed E-state index contributed by atoms with van der Waals surface area (Å²) in [4.78, 5) is 23.7. The van der Waals surface area contributed by atoms with Crippen LogP contribution in [-0.4, -0.2) is 60.6 Å². The van der Waals surface area contributed by atoms with Gasteiger partial charge in [-0.05, 0) is 18.4 Å². The fraction of sp³-hybridized carbons (Fsp3) is 0.304. The van der Waals surface area contributed by atoms with E-state index in [1.807, 2.05) is 18.2 Å². The van der Waals surface area contributed by atoms with Gasteiger partial charge in [-0.2, -0.15) is 5.09 Å². The summed E-state index contributed by atoms with van der Waals surface area (Å²) in [6, 6.07) is 11.3. The number of aliphatic hydroxyl groups is 1. The van der Waals surface area contributed by atoms with Crippen molar-refractivity contribution in [2.24, 2.45) is 0 Å². The van der Waals surface area contributed by atoms with E-state index >= 15 is 0 Å². The van der Waals surface area contributed by atoms with Gasteiger partial charge in [0, 0.05) is 11.8 Å². The molecule has 5 atom stereocenters. The quantitative estimate of drug-likeness (QED) is 0.233. The van der Waals surface area contributed by atoms with Crippen molar-refractivity contribution in [2.75, 3.05) is 12.3 Å². The maximum absolute atomic E-state index is 13.7. The summed E-state index contributed by atoms with van der Waals surface area (Å²) in [6.07, 6.45) is 0.380. The van der Waals surface area contributed by atoms with Crippen LogP contribution in [0.2, 0.25) is 0 Å². The van der Waals surface area contributed by atoms with Crippen LogP contribution in [0, 0.1) is 0 Å². The maximum Gasteiger partial charge on any atom is 0.459 e. The Hall–Kier alpha value is -3.61. The second kappa shape index (κ2) is 10.0. The molecule has 13 nitrogen and oxygen atoms in total. The average molecular weight is 528 g/mol. The number of carboxylic acids is 1. The van der Waals surface area contributed by atoms with Gasteiger partial charge in [-0.3, -0.25) is 13.9 Å². The van der Waals surface area contributed by atoms with Crippen LogP contribution in [0.3, 0.4) is 0 Å². The largest absolute Gasteiger partial charge is 0.480 e. The third-order valence-electron chi connectivity index (χ3n) is 5.95. The summed E-state index contributed by atoms with van der Waals surface area (Å²) < 4.78 is 32.7. The number of imidazole rings is 1. The molecule has 37 heavy (non-hydrogen) atoms. The van der Waals surface area contributed by atoms with Gasteiger partial charge in [-0.1, -0.05) is 36.4 Å². The Labute approximate surface area is 210 Å². The SMILES string of the molecule is CC(NP(=O)(OC[C@@H]1C[C@@H](O)[C@H](n2cnc3c(N)ncnc32)O1)Oc1cccc2ccccc12)C(=O)O. The second-order valence-electron chi connectivity index (χ2n) is 8.59. The first-order valence-electron chi connectivity index (χ1n) is 11.4. The highest BCUT2D eigenvalue weighted by Crippen LogP contribution is 2.47. The molecule has 2 aromatic carbocycles. The van der Waals surface area contributed by atoms with Crippen LogP contribution in [0.5, 0.6) is 5.75 Å². The lowest BCUT2D eigenvalue weighted by atomic mass is 10.1. The van der Waals surface area contributed by atoms with Crippen molar-refractivity contribution in [2.45, 2.75) is 37.8 Å². The fourth-order valence-corrected chi connectivity index (χ4v) is 5.66. The second-order valence-corrected chi connectivity index (χ2v) is 10.3. The Kier molecular flexibility index (Phi) is 6.80. The van der Waals surface area contributed by atoms with Gasteiger partial charge in [-0.25, -0.2) is 19.5 Å². The Morgan fingerprint density at radius 3 is 2.86 bits per heavy atom. The standard InChI is InChI=1S/C23H25N6O7P/c1-13(23(31)32)28-37(33,36-18-8-4-6-14-5-2-3-7-16(14)18)34-10-15-9-17(30)22(35-15)29-12-27-19-20(24)25-11-26-21(19)29/h2-8,11-13,15,17,22,30H,9-10H2,1H3,(H,28,33)(H,31,32)(H2,24,25,26)/t13?,15-,17+,22+,37?/m0/s1. The van der Waals surface area contributed by atoms with Gasteiger partial charge in [0.25, 0.3) is 0 Å². The average Bonchev–Trinajstić information content (AvgIpc) is 3.47. The van der Waals surface area contributed by atoms with E-state index in [2.05, 4.69) is 20.0 Å². The first-order chi connectivity index (χ1) is 17.7. The number of aromatic nitrogens is 4. The van der Waals surface area contributed by atoms with Gasteiger partial charge in [-0.15, -0.1) is 0 Å². The Bertz CT molecular complexity index is 1490. The number of nitrogens with two attached hydrogens (primary N) is 1. The monoisotopic (exact) mass is 528 g/mol. The molecule has 0 aliphatic carbocycles. The number of carboxylic acid groups (broad SMARTS) is 1. The highest BCUT2D eigenvalue weighted by Gasteiger charge is 2.39. The number of aliphatic hydroxyl groups excluding tert-OH is 1. The van der Waals surface area contributed by atoms with Crippen molar-refractivity contribution >= 4 is 41.5 Å². The fourth-order valence-electron chi connectivity index (χ4n) is 4.11. The third kappa shape index (κ3) is 5.13. The van der Waals surface area contributed by atoms with E-state index in [-0.39, 0.29) is 24.6 Å². The molecular formula is C23H25N6O7P. The minimum Gasteiger partial charge on any atom is -0.480 e. The van der Waals surface area contributed by atoms with Gasteiger partial charge in [0.1, 0.15) is 29.7 Å². The normalized spacial score (nSPS) is 22.2. The number of benzene rings is 2. The molecule has 5 rings (SSSR count). The van der Waals surface area contributed by atoms with Crippen LogP contribution >= 0.6 is 7.75 Å². The van der Waals surface area contributed by atoms with Crippen LogP contribution in [-0.2, 0) is 18.6 Å². The van der Waals surface area contributed by atoms with E-state index in [4.69, 9.17) is 19.5 Å². The zero-order chi connectivity index (χ0) is 26.2. The molecule has 0 saturated carbocycles. The van der Waals surface area contributed by atoms with Crippen molar-refractivity contribution in [3.8, 4) is 5.75 Å². The zero-order valence-electron chi connectivity index (χ0n) is 19.7. The number of fused-ring (bicyclic) bond motifs is 2. The van der Waals surface area contributed by atoms with Crippen LogP contribution in [0.4, 0.5) is 5.82 Å². The summed E-state index contributed by atoms with van der Waals surface area (Å²) in [5.41, 5.74) is 6.60. The summed E-state index contributed by atoms with van der Waals surface area (Å²) >= 11 is 0. The number of hydrogen-bond donors (Lipinski definition) is 4. The smallest absolute Gasteiger partial charge is 0.459 e. The number of carbonyl (C=O) groups is 1. The summed E-state index contributed by atoms with van der Waals surface area (Å²) in [5.74, 6) is -0.772. The Balaban J connectivity index is 1.34. The molecule has 1 fully saturated rings. The molecule has 4 aromatic rings. The molecule has 5 N–H and O–H groups in total. The van der Waals surface area contributed by atoms with Crippen molar-refractivity contribution < 1.29 is 33.4 Å². The first-order valence-corrected chi connectivity index (χ1v) is 13.0. The topological polar surface area (TPSA) is 184 Å². The molecule has 0 bridgehead atoms. The number of aliphatic carboxylic acids is 1. The van der Waals surface area contributed by atoms with Gasteiger partial charge >= 0.3 is 13.7 Å². The van der Waals surface area contributed by atoms with E-state index in [0.717, 1.165) is 5.39 Å². The van der Waals surface area contributed by atoms with Crippen molar-refractivity contribution in [1.82, 2.24) is 24.6 Å². The zero-order valence-corrected chi connectivity index (χ0v) is 20.6. The van der Waals surface area contributed by atoms with Crippen LogP contribution in [0.25, 0.3) is 21.9 Å². The number of anilines is 1. The van der Waals surface area contributed by atoms with E-state index < -0.39 is 38.2 Å². The number of rotatable bonds is 9. The molecule has 2 aromatic heterocycles. The molecule has 14 heteroatoms. The minimum atomic E-state index is -4.20. The molecule has 1 aliphatic rings. The number of nitrogen functional groups attached to an aromatic ring is 1. The molecule has 194 valence electrons.